The Hall–Kier alpha value is -1.40. The molecule has 2 aromatic heterocycles. The van der Waals surface area contributed by atoms with E-state index in [-0.39, 0.29) is 6.61 Å². The van der Waals surface area contributed by atoms with E-state index < -0.39 is 0 Å². The summed E-state index contributed by atoms with van der Waals surface area (Å²) >= 11 is 1.73. The summed E-state index contributed by atoms with van der Waals surface area (Å²) in [5.74, 6) is 1.63. The lowest BCUT2D eigenvalue weighted by Crippen LogP contribution is -2.42. The van der Waals surface area contributed by atoms with Gasteiger partial charge in [-0.1, -0.05) is 6.92 Å². The molecule has 0 bridgehead atoms. The maximum atomic E-state index is 9.42. The molecule has 0 unspecified atom stereocenters. The van der Waals surface area contributed by atoms with Crippen LogP contribution in [-0.4, -0.2) is 41.3 Å². The van der Waals surface area contributed by atoms with Crippen LogP contribution in [0, 0.1) is 0 Å². The molecule has 0 radical (unpaired) electrons. The first-order valence-corrected chi connectivity index (χ1v) is 8.44. The molecule has 0 aliphatic heterocycles. The lowest BCUT2D eigenvalue weighted by Gasteiger charge is -2.38. The number of anilines is 2. The minimum atomic E-state index is 0.154. The summed E-state index contributed by atoms with van der Waals surface area (Å²) in [6.07, 6.45) is 4.65. The number of nitrogens with one attached hydrogen (secondary N) is 1. The van der Waals surface area contributed by atoms with Crippen LogP contribution >= 0.6 is 11.3 Å². The normalized spacial score (nSPS) is 15.2. The zero-order valence-corrected chi connectivity index (χ0v) is 13.4. The lowest BCUT2D eigenvalue weighted by atomic mass is 9.91. The van der Waals surface area contributed by atoms with Crippen LogP contribution in [0.5, 0.6) is 0 Å². The molecule has 21 heavy (non-hydrogen) atoms. The van der Waals surface area contributed by atoms with Crippen LogP contribution in [0.15, 0.2) is 6.07 Å². The van der Waals surface area contributed by atoms with Crippen LogP contribution in [0.2, 0.25) is 0 Å². The van der Waals surface area contributed by atoms with Crippen molar-refractivity contribution in [2.24, 2.45) is 0 Å². The Morgan fingerprint density at radius 3 is 2.81 bits per heavy atom. The quantitative estimate of drug-likeness (QED) is 0.859. The summed E-state index contributed by atoms with van der Waals surface area (Å²) in [4.78, 5) is 13.9. The third-order valence-electron chi connectivity index (χ3n) is 4.12. The molecule has 0 saturated heterocycles. The van der Waals surface area contributed by atoms with Crippen LogP contribution in [0.4, 0.5) is 11.8 Å². The molecule has 5 nitrogen and oxygen atoms in total. The zero-order chi connectivity index (χ0) is 14.8. The number of aliphatic hydroxyl groups is 1. The van der Waals surface area contributed by atoms with Gasteiger partial charge in [-0.3, -0.25) is 0 Å². The predicted octanol–water partition coefficient (Wildman–Crippen LogP) is 2.65. The van der Waals surface area contributed by atoms with Crippen LogP contribution in [0.25, 0.3) is 10.2 Å². The molecule has 114 valence electrons. The van der Waals surface area contributed by atoms with Gasteiger partial charge >= 0.3 is 0 Å². The van der Waals surface area contributed by atoms with Gasteiger partial charge in [0.25, 0.3) is 0 Å². The van der Waals surface area contributed by atoms with E-state index in [1.807, 2.05) is 7.05 Å². The monoisotopic (exact) mass is 306 g/mol. The van der Waals surface area contributed by atoms with Gasteiger partial charge in [-0.15, -0.1) is 11.3 Å². The van der Waals surface area contributed by atoms with Gasteiger partial charge in [0, 0.05) is 24.5 Å². The van der Waals surface area contributed by atoms with Gasteiger partial charge in [0.2, 0.25) is 5.95 Å². The van der Waals surface area contributed by atoms with Gasteiger partial charge < -0.3 is 15.3 Å². The molecule has 0 amide bonds. The van der Waals surface area contributed by atoms with Crippen LogP contribution in [-0.2, 0) is 6.42 Å². The number of aryl methyl sites for hydroxylation is 1. The highest BCUT2D eigenvalue weighted by Gasteiger charge is 2.28. The standard InChI is InChI=1S/C15H22N4OS/c1-3-11-9-12-13(17-15(16-2)18-14(12)21-11)19(7-8-20)10-5-4-6-10/h9-10,20H,3-8H2,1-2H3,(H,16,17,18). The van der Waals surface area contributed by atoms with E-state index in [9.17, 15) is 5.11 Å². The molecule has 3 rings (SSSR count). The highest BCUT2D eigenvalue weighted by molar-refractivity contribution is 7.18. The van der Waals surface area contributed by atoms with E-state index in [2.05, 4.69) is 33.2 Å². The molecule has 0 aromatic carbocycles. The number of rotatable bonds is 6. The van der Waals surface area contributed by atoms with Gasteiger partial charge in [-0.05, 0) is 31.7 Å². The van der Waals surface area contributed by atoms with Crippen molar-refractivity contribution in [2.45, 2.75) is 38.6 Å². The Bertz CT molecular complexity index is 623. The highest BCUT2D eigenvalue weighted by Crippen LogP contribution is 2.36. The van der Waals surface area contributed by atoms with Crippen molar-refractivity contribution < 1.29 is 5.11 Å². The summed E-state index contributed by atoms with van der Waals surface area (Å²) in [7, 11) is 1.85. The fraction of sp³-hybridized carbons (Fsp3) is 0.600. The summed E-state index contributed by atoms with van der Waals surface area (Å²) in [5.41, 5.74) is 0. The Morgan fingerprint density at radius 1 is 1.43 bits per heavy atom. The average Bonchev–Trinajstić information content (AvgIpc) is 2.86. The maximum absolute atomic E-state index is 9.42. The summed E-state index contributed by atoms with van der Waals surface area (Å²) < 4.78 is 0. The summed E-state index contributed by atoms with van der Waals surface area (Å²) in [6.45, 7) is 2.95. The fourth-order valence-electron chi connectivity index (χ4n) is 2.73. The Kier molecular flexibility index (Phi) is 4.26. The molecule has 2 heterocycles. The minimum absolute atomic E-state index is 0.154. The highest BCUT2D eigenvalue weighted by atomic mass is 32.1. The van der Waals surface area contributed by atoms with Crippen molar-refractivity contribution in [1.29, 1.82) is 0 Å². The largest absolute Gasteiger partial charge is 0.395 e. The van der Waals surface area contributed by atoms with Gasteiger partial charge in [0.05, 0.1) is 12.0 Å². The molecular formula is C15H22N4OS. The van der Waals surface area contributed by atoms with Crippen molar-refractivity contribution in [2.75, 3.05) is 30.4 Å². The third kappa shape index (κ3) is 2.70. The molecular weight excluding hydrogens is 284 g/mol. The van der Waals surface area contributed by atoms with E-state index in [1.165, 1.54) is 24.1 Å². The summed E-state index contributed by atoms with van der Waals surface area (Å²) in [6, 6.07) is 2.71. The Labute approximate surface area is 129 Å². The molecule has 1 aliphatic rings. The number of aliphatic hydroxyl groups excluding tert-OH is 1. The van der Waals surface area contributed by atoms with Crippen molar-refractivity contribution >= 4 is 33.3 Å². The van der Waals surface area contributed by atoms with Crippen molar-refractivity contribution in [3.63, 3.8) is 0 Å². The number of hydrogen-bond donors (Lipinski definition) is 2. The minimum Gasteiger partial charge on any atom is -0.395 e. The van der Waals surface area contributed by atoms with E-state index in [0.717, 1.165) is 22.5 Å². The molecule has 2 aromatic rings. The number of hydrogen-bond acceptors (Lipinski definition) is 6. The topological polar surface area (TPSA) is 61.3 Å². The van der Waals surface area contributed by atoms with E-state index in [4.69, 9.17) is 0 Å². The Morgan fingerprint density at radius 2 is 2.24 bits per heavy atom. The molecule has 1 saturated carbocycles. The van der Waals surface area contributed by atoms with E-state index in [1.54, 1.807) is 11.3 Å². The second kappa shape index (κ2) is 6.15. The van der Waals surface area contributed by atoms with Gasteiger partial charge in [-0.2, -0.15) is 4.98 Å². The number of thiophene rings is 1. The average molecular weight is 306 g/mol. The number of aromatic nitrogens is 2. The first-order chi connectivity index (χ1) is 10.3. The van der Waals surface area contributed by atoms with Crippen LogP contribution in [0.3, 0.4) is 0 Å². The third-order valence-corrected chi connectivity index (χ3v) is 5.30. The van der Waals surface area contributed by atoms with Gasteiger partial charge in [0.1, 0.15) is 10.6 Å². The molecule has 0 spiro atoms. The smallest absolute Gasteiger partial charge is 0.225 e. The molecule has 1 fully saturated rings. The van der Waals surface area contributed by atoms with Crippen LogP contribution < -0.4 is 10.2 Å². The van der Waals surface area contributed by atoms with E-state index >= 15 is 0 Å². The second-order valence-corrected chi connectivity index (χ2v) is 6.52. The fourth-order valence-corrected chi connectivity index (χ4v) is 3.69. The first-order valence-electron chi connectivity index (χ1n) is 7.62. The first kappa shape index (κ1) is 14.5. The molecule has 1 aliphatic carbocycles. The SMILES string of the molecule is CCc1cc2c(N(CCO)C3CCC3)nc(NC)nc2s1. The number of fused-ring (bicyclic) bond motifs is 1. The van der Waals surface area contributed by atoms with Crippen LogP contribution in [0.1, 0.15) is 31.1 Å². The lowest BCUT2D eigenvalue weighted by molar-refractivity contribution is 0.283. The molecule has 0 atom stereocenters. The predicted molar refractivity (Wildman–Crippen MR) is 88.4 cm³/mol. The number of nitrogens with zero attached hydrogens (tertiary/aromatic N) is 3. The zero-order valence-electron chi connectivity index (χ0n) is 12.6. The van der Waals surface area contributed by atoms with Crippen molar-refractivity contribution in [3.8, 4) is 0 Å². The van der Waals surface area contributed by atoms with Gasteiger partial charge in [0.15, 0.2) is 0 Å². The molecule has 2 N–H and O–H groups in total. The summed E-state index contributed by atoms with van der Waals surface area (Å²) in [5, 5.41) is 13.6. The van der Waals surface area contributed by atoms with E-state index in [0.29, 0.717) is 18.5 Å². The van der Waals surface area contributed by atoms with Gasteiger partial charge in [-0.25, -0.2) is 4.98 Å². The molecule has 6 heteroatoms. The second-order valence-electron chi connectivity index (χ2n) is 5.41. The Balaban J connectivity index is 2.10. The van der Waals surface area contributed by atoms with Crippen molar-refractivity contribution in [3.05, 3.63) is 10.9 Å². The maximum Gasteiger partial charge on any atom is 0.225 e. The van der Waals surface area contributed by atoms with Crippen molar-refractivity contribution in [1.82, 2.24) is 9.97 Å².